The first-order valence-corrected chi connectivity index (χ1v) is 7.36. The molecule has 1 aromatic heterocycles. The average Bonchev–Trinajstić information content (AvgIpc) is 2.42. The lowest BCUT2D eigenvalue weighted by molar-refractivity contribution is 0.312. The van der Waals surface area contributed by atoms with Crippen LogP contribution in [-0.4, -0.2) is 28.6 Å². The number of halogens is 2. The fourth-order valence-corrected chi connectivity index (χ4v) is 2.44. The predicted octanol–water partition coefficient (Wildman–Crippen LogP) is 3.31. The maximum Gasteiger partial charge on any atom is 0.323 e. The van der Waals surface area contributed by atoms with Crippen molar-refractivity contribution in [3.8, 4) is 6.01 Å². The van der Waals surface area contributed by atoms with Gasteiger partial charge in [0.2, 0.25) is 11.9 Å². The minimum absolute atomic E-state index is 0.276. The molecule has 0 unspecified atom stereocenters. The van der Waals surface area contributed by atoms with E-state index in [-0.39, 0.29) is 6.01 Å². The van der Waals surface area contributed by atoms with Crippen molar-refractivity contribution >= 4 is 51.8 Å². The zero-order valence-electron chi connectivity index (χ0n) is 10.9. The van der Waals surface area contributed by atoms with Gasteiger partial charge in [-0.15, -0.1) is 0 Å². The lowest BCUT2D eigenvalue weighted by Gasteiger charge is -2.10. The number of benzene rings is 1. The van der Waals surface area contributed by atoms with E-state index in [9.17, 15) is 0 Å². The van der Waals surface area contributed by atoms with Gasteiger partial charge in [0.15, 0.2) is 0 Å². The number of hydrogen-bond acceptors (Lipinski definition) is 6. The third-order valence-corrected chi connectivity index (χ3v) is 3.42. The van der Waals surface area contributed by atoms with Crippen LogP contribution in [0, 0.1) is 3.57 Å². The van der Waals surface area contributed by atoms with Crippen molar-refractivity contribution in [1.82, 2.24) is 15.0 Å². The molecule has 106 valence electrons. The van der Waals surface area contributed by atoms with E-state index in [1.807, 2.05) is 19.1 Å². The molecular weight excluding hydrogens is 393 g/mol. The first-order chi connectivity index (χ1) is 9.62. The number of anilines is 3. The molecule has 0 saturated carbocycles. The van der Waals surface area contributed by atoms with Gasteiger partial charge in [-0.05, 0) is 47.7 Å². The Morgan fingerprint density at radius 1 is 1.25 bits per heavy atom. The van der Waals surface area contributed by atoms with Crippen molar-refractivity contribution in [2.75, 3.05) is 24.3 Å². The van der Waals surface area contributed by atoms with Gasteiger partial charge >= 0.3 is 6.01 Å². The van der Waals surface area contributed by atoms with E-state index < -0.39 is 0 Å². The summed E-state index contributed by atoms with van der Waals surface area (Å²) >= 11 is 8.12. The highest BCUT2D eigenvalue weighted by atomic mass is 127. The molecule has 0 atom stereocenters. The van der Waals surface area contributed by atoms with Gasteiger partial charge in [0.1, 0.15) is 0 Å². The molecule has 1 aromatic carbocycles. The fraction of sp³-hybridized carbons (Fsp3) is 0.250. The van der Waals surface area contributed by atoms with E-state index >= 15 is 0 Å². The molecule has 2 rings (SSSR count). The zero-order valence-corrected chi connectivity index (χ0v) is 13.9. The van der Waals surface area contributed by atoms with Gasteiger partial charge in [-0.1, -0.05) is 11.6 Å². The highest BCUT2D eigenvalue weighted by molar-refractivity contribution is 14.1. The molecule has 0 aliphatic rings. The molecular formula is C12H13ClIN5O. The summed E-state index contributed by atoms with van der Waals surface area (Å²) in [7, 11) is 1.74. The Balaban J connectivity index is 2.29. The summed E-state index contributed by atoms with van der Waals surface area (Å²) in [5.41, 5.74) is 0.866. The van der Waals surface area contributed by atoms with Crippen LogP contribution in [-0.2, 0) is 0 Å². The highest BCUT2D eigenvalue weighted by Gasteiger charge is 2.08. The summed E-state index contributed by atoms with van der Waals surface area (Å²) in [4.78, 5) is 12.5. The number of nitrogens with zero attached hydrogens (tertiary/aromatic N) is 3. The van der Waals surface area contributed by atoms with Crippen LogP contribution >= 0.6 is 34.2 Å². The number of aromatic nitrogens is 3. The van der Waals surface area contributed by atoms with Crippen molar-refractivity contribution < 1.29 is 4.74 Å². The summed E-state index contributed by atoms with van der Waals surface area (Å²) < 4.78 is 6.28. The maximum atomic E-state index is 5.93. The summed E-state index contributed by atoms with van der Waals surface area (Å²) in [5.74, 6) is 0.850. The second kappa shape index (κ2) is 6.89. The predicted molar refractivity (Wildman–Crippen MR) is 88.0 cm³/mol. The second-order valence-corrected chi connectivity index (χ2v) is 5.30. The second-order valence-electron chi connectivity index (χ2n) is 3.70. The Hall–Kier alpha value is -1.35. The van der Waals surface area contributed by atoms with Crippen molar-refractivity contribution in [1.29, 1.82) is 0 Å². The standard InChI is InChI=1S/C12H13ClIN5O/c1-3-20-12-18-10(15-2)17-11(19-12)16-9-5-4-7(13)6-8(9)14/h4-6H,3H2,1-2H3,(H2,15,16,17,18,19). The number of ether oxygens (including phenoxy) is 1. The van der Waals surface area contributed by atoms with E-state index in [2.05, 4.69) is 48.2 Å². The molecule has 0 aliphatic heterocycles. The molecule has 0 amide bonds. The van der Waals surface area contributed by atoms with Gasteiger partial charge in [-0.3, -0.25) is 0 Å². The highest BCUT2D eigenvalue weighted by Crippen LogP contribution is 2.25. The Labute approximate surface area is 135 Å². The van der Waals surface area contributed by atoms with Crippen molar-refractivity contribution in [2.24, 2.45) is 0 Å². The first-order valence-electron chi connectivity index (χ1n) is 5.91. The molecule has 1 heterocycles. The maximum absolute atomic E-state index is 5.93. The largest absolute Gasteiger partial charge is 0.464 e. The third kappa shape index (κ3) is 3.83. The van der Waals surface area contributed by atoms with Crippen molar-refractivity contribution in [3.05, 3.63) is 26.8 Å². The molecule has 0 radical (unpaired) electrons. The van der Waals surface area contributed by atoms with Gasteiger partial charge in [0, 0.05) is 15.6 Å². The minimum atomic E-state index is 0.276. The van der Waals surface area contributed by atoms with Gasteiger partial charge in [0.25, 0.3) is 0 Å². The SMILES string of the molecule is CCOc1nc(NC)nc(Nc2ccc(Cl)cc2I)n1. The quantitative estimate of drug-likeness (QED) is 0.744. The molecule has 6 nitrogen and oxygen atoms in total. The van der Waals surface area contributed by atoms with Crippen LogP contribution in [0.25, 0.3) is 0 Å². The van der Waals surface area contributed by atoms with Gasteiger partial charge in [-0.25, -0.2) is 0 Å². The Morgan fingerprint density at radius 2 is 2.00 bits per heavy atom. The minimum Gasteiger partial charge on any atom is -0.464 e. The Kier molecular flexibility index (Phi) is 5.18. The summed E-state index contributed by atoms with van der Waals surface area (Å²) in [6.45, 7) is 2.36. The summed E-state index contributed by atoms with van der Waals surface area (Å²) in [5, 5.41) is 6.68. The van der Waals surface area contributed by atoms with E-state index in [0.717, 1.165) is 9.26 Å². The molecule has 2 N–H and O–H groups in total. The topological polar surface area (TPSA) is 72.0 Å². The number of hydrogen-bond donors (Lipinski definition) is 2. The van der Waals surface area contributed by atoms with E-state index in [4.69, 9.17) is 16.3 Å². The van der Waals surface area contributed by atoms with Gasteiger partial charge in [-0.2, -0.15) is 15.0 Å². The number of nitrogens with one attached hydrogen (secondary N) is 2. The van der Waals surface area contributed by atoms with Crippen LogP contribution < -0.4 is 15.4 Å². The molecule has 0 saturated heterocycles. The van der Waals surface area contributed by atoms with Crippen molar-refractivity contribution in [2.45, 2.75) is 6.92 Å². The van der Waals surface area contributed by atoms with Crippen LogP contribution in [0.5, 0.6) is 6.01 Å². The van der Waals surface area contributed by atoms with Crippen LogP contribution in [0.4, 0.5) is 17.6 Å². The van der Waals surface area contributed by atoms with Crippen LogP contribution in [0.3, 0.4) is 0 Å². The third-order valence-electron chi connectivity index (χ3n) is 2.29. The van der Waals surface area contributed by atoms with Crippen LogP contribution in [0.15, 0.2) is 18.2 Å². The van der Waals surface area contributed by atoms with E-state index in [1.165, 1.54) is 0 Å². The lowest BCUT2D eigenvalue weighted by atomic mass is 10.3. The van der Waals surface area contributed by atoms with Crippen LogP contribution in [0.2, 0.25) is 5.02 Å². The Morgan fingerprint density at radius 3 is 2.65 bits per heavy atom. The molecule has 0 fully saturated rings. The summed E-state index contributed by atoms with van der Waals surface area (Å²) in [6.07, 6.45) is 0. The molecule has 20 heavy (non-hydrogen) atoms. The van der Waals surface area contributed by atoms with E-state index in [1.54, 1.807) is 13.1 Å². The smallest absolute Gasteiger partial charge is 0.323 e. The van der Waals surface area contributed by atoms with Crippen molar-refractivity contribution in [3.63, 3.8) is 0 Å². The fourth-order valence-electron chi connectivity index (χ4n) is 1.43. The normalized spacial score (nSPS) is 10.2. The molecule has 8 heteroatoms. The van der Waals surface area contributed by atoms with E-state index in [0.29, 0.717) is 23.5 Å². The molecule has 0 bridgehead atoms. The average molecular weight is 406 g/mol. The van der Waals surface area contributed by atoms with Crippen LogP contribution in [0.1, 0.15) is 6.92 Å². The first kappa shape index (κ1) is 15.0. The van der Waals surface area contributed by atoms with Gasteiger partial charge in [0.05, 0.1) is 12.3 Å². The Bertz CT molecular complexity index is 610. The molecule has 2 aromatic rings. The number of rotatable bonds is 5. The molecule has 0 spiro atoms. The summed E-state index contributed by atoms with van der Waals surface area (Å²) in [6, 6.07) is 5.80. The van der Waals surface area contributed by atoms with Gasteiger partial charge < -0.3 is 15.4 Å². The lowest BCUT2D eigenvalue weighted by Crippen LogP contribution is -2.07. The molecule has 0 aliphatic carbocycles. The zero-order chi connectivity index (χ0) is 14.5. The monoisotopic (exact) mass is 405 g/mol.